The van der Waals surface area contributed by atoms with E-state index >= 15 is 0 Å². The lowest BCUT2D eigenvalue weighted by atomic mass is 10.1. The van der Waals surface area contributed by atoms with E-state index in [0.29, 0.717) is 5.75 Å². The smallest absolute Gasteiger partial charge is 0.408 e. The van der Waals surface area contributed by atoms with Crippen LogP contribution < -0.4 is 10.1 Å². The molecule has 0 fully saturated rings. The third-order valence-corrected chi connectivity index (χ3v) is 2.85. The Hall–Kier alpha value is -1.55. The summed E-state index contributed by atoms with van der Waals surface area (Å²) >= 11 is 1.47. The predicted octanol–water partition coefficient (Wildman–Crippen LogP) is 3.92. The molecule has 1 N–H and O–H groups in total. The third kappa shape index (κ3) is 3.75. The average molecular weight is 251 g/mol. The van der Waals surface area contributed by atoms with Crippen LogP contribution >= 0.6 is 11.3 Å². The molecule has 0 atom stereocenters. The zero-order valence-corrected chi connectivity index (χ0v) is 11.2. The number of nitrogens with one attached hydrogen (secondary N) is 1. The lowest BCUT2D eigenvalue weighted by Crippen LogP contribution is -2.42. The van der Waals surface area contributed by atoms with Gasteiger partial charge in [-0.25, -0.2) is 4.79 Å². The molecule has 0 saturated carbocycles. The van der Waals surface area contributed by atoms with Crippen molar-refractivity contribution in [2.45, 2.75) is 26.3 Å². The van der Waals surface area contributed by atoms with Gasteiger partial charge >= 0.3 is 6.09 Å². The van der Waals surface area contributed by atoms with Crippen LogP contribution in [0.4, 0.5) is 4.79 Å². The van der Waals surface area contributed by atoms with Gasteiger partial charge in [-0.3, -0.25) is 0 Å². The maximum atomic E-state index is 11.7. The SMILES string of the molecule is C=Cc1csc(C=C)c1OC(=O)NC(C)(C)C. The number of ether oxygens (including phenoxy) is 1. The van der Waals surface area contributed by atoms with Gasteiger partial charge in [0.05, 0.1) is 4.88 Å². The molecule has 0 aromatic carbocycles. The van der Waals surface area contributed by atoms with Crippen LogP contribution in [0.5, 0.6) is 5.75 Å². The Morgan fingerprint density at radius 1 is 1.41 bits per heavy atom. The van der Waals surface area contributed by atoms with Crippen molar-refractivity contribution >= 4 is 29.6 Å². The molecule has 1 heterocycles. The summed E-state index contributed by atoms with van der Waals surface area (Å²) in [4.78, 5) is 12.5. The molecule has 1 aromatic rings. The van der Waals surface area contributed by atoms with Gasteiger partial charge in [0.25, 0.3) is 0 Å². The minimum absolute atomic E-state index is 0.324. The minimum Gasteiger partial charge on any atom is -0.408 e. The molecule has 1 amide bonds. The van der Waals surface area contributed by atoms with Crippen molar-refractivity contribution in [3.63, 3.8) is 0 Å². The molecule has 0 unspecified atom stereocenters. The lowest BCUT2D eigenvalue weighted by Gasteiger charge is -2.20. The number of hydrogen-bond donors (Lipinski definition) is 1. The Kier molecular flexibility index (Phi) is 4.12. The number of carbonyl (C=O) groups excluding carboxylic acids is 1. The summed E-state index contributed by atoms with van der Waals surface area (Å²) in [6.45, 7) is 13.0. The molecule has 92 valence electrons. The van der Waals surface area contributed by atoms with E-state index in [-0.39, 0.29) is 5.54 Å². The molecule has 0 saturated heterocycles. The highest BCUT2D eigenvalue weighted by atomic mass is 32.1. The second-order valence-corrected chi connectivity index (χ2v) is 5.47. The molecule has 4 heteroatoms. The van der Waals surface area contributed by atoms with Crippen LogP contribution in [0.2, 0.25) is 0 Å². The standard InChI is InChI=1S/C13H17NO2S/c1-6-9-8-17-10(7-2)11(9)16-12(15)14-13(3,4)5/h6-8H,1-2H2,3-5H3,(H,14,15). The highest BCUT2D eigenvalue weighted by Gasteiger charge is 2.18. The topological polar surface area (TPSA) is 38.3 Å². The van der Waals surface area contributed by atoms with Crippen molar-refractivity contribution in [2.24, 2.45) is 0 Å². The minimum atomic E-state index is -0.470. The average Bonchev–Trinajstić information content (AvgIpc) is 2.57. The quantitative estimate of drug-likeness (QED) is 0.884. The van der Waals surface area contributed by atoms with Gasteiger partial charge in [0.1, 0.15) is 0 Å². The number of carbonyl (C=O) groups is 1. The number of rotatable bonds is 3. The highest BCUT2D eigenvalue weighted by molar-refractivity contribution is 7.11. The second kappa shape index (κ2) is 5.19. The van der Waals surface area contributed by atoms with E-state index in [9.17, 15) is 4.79 Å². The molecule has 0 spiro atoms. The van der Waals surface area contributed by atoms with E-state index in [1.165, 1.54) is 11.3 Å². The summed E-state index contributed by atoms with van der Waals surface area (Å²) in [6, 6.07) is 0. The Morgan fingerprint density at radius 2 is 2.06 bits per heavy atom. The molecule has 0 aliphatic carbocycles. The van der Waals surface area contributed by atoms with E-state index in [0.717, 1.165) is 10.4 Å². The first-order valence-corrected chi connectivity index (χ1v) is 6.11. The zero-order chi connectivity index (χ0) is 13.1. The predicted molar refractivity (Wildman–Crippen MR) is 73.4 cm³/mol. The molecule has 0 bridgehead atoms. The van der Waals surface area contributed by atoms with E-state index in [1.54, 1.807) is 12.2 Å². The second-order valence-electron chi connectivity index (χ2n) is 4.56. The summed E-state index contributed by atoms with van der Waals surface area (Å²) in [7, 11) is 0. The van der Waals surface area contributed by atoms with Crippen LogP contribution in [0, 0.1) is 0 Å². The molecular formula is C13H17NO2S. The third-order valence-electron chi connectivity index (χ3n) is 1.88. The van der Waals surface area contributed by atoms with Gasteiger partial charge in [-0.05, 0) is 26.8 Å². The lowest BCUT2D eigenvalue weighted by molar-refractivity contribution is 0.190. The normalized spacial score (nSPS) is 10.8. The molecule has 1 rings (SSSR count). The van der Waals surface area contributed by atoms with Crippen molar-refractivity contribution in [1.82, 2.24) is 5.32 Å². The van der Waals surface area contributed by atoms with E-state index in [4.69, 9.17) is 4.74 Å². The van der Waals surface area contributed by atoms with Gasteiger partial charge in [-0.2, -0.15) is 0 Å². The van der Waals surface area contributed by atoms with Gasteiger partial charge in [-0.15, -0.1) is 11.3 Å². The van der Waals surface area contributed by atoms with Crippen molar-refractivity contribution in [3.8, 4) is 5.75 Å². The van der Waals surface area contributed by atoms with Crippen LogP contribution in [-0.2, 0) is 0 Å². The van der Waals surface area contributed by atoms with Crippen LogP contribution in [0.15, 0.2) is 18.5 Å². The van der Waals surface area contributed by atoms with E-state index < -0.39 is 6.09 Å². The summed E-state index contributed by atoms with van der Waals surface area (Å²) in [5.74, 6) is 0.516. The van der Waals surface area contributed by atoms with Crippen LogP contribution in [0.3, 0.4) is 0 Å². The van der Waals surface area contributed by atoms with Gasteiger partial charge in [0.15, 0.2) is 5.75 Å². The molecule has 0 aliphatic heterocycles. The van der Waals surface area contributed by atoms with Gasteiger partial charge in [0, 0.05) is 16.5 Å². The Bertz CT molecular complexity index is 415. The fourth-order valence-electron chi connectivity index (χ4n) is 1.19. The summed E-state index contributed by atoms with van der Waals surface area (Å²) in [6.07, 6.45) is 2.85. The van der Waals surface area contributed by atoms with Crippen molar-refractivity contribution < 1.29 is 9.53 Å². The molecule has 17 heavy (non-hydrogen) atoms. The first-order valence-electron chi connectivity index (χ1n) is 5.23. The summed E-state index contributed by atoms with van der Waals surface area (Å²) in [5, 5.41) is 4.61. The maximum absolute atomic E-state index is 11.7. The molecule has 1 aromatic heterocycles. The first kappa shape index (κ1) is 13.5. The van der Waals surface area contributed by atoms with Gasteiger partial charge in [-0.1, -0.05) is 19.2 Å². The van der Waals surface area contributed by atoms with Crippen LogP contribution in [0.1, 0.15) is 31.2 Å². The van der Waals surface area contributed by atoms with Crippen LogP contribution in [0.25, 0.3) is 12.2 Å². The fourth-order valence-corrected chi connectivity index (χ4v) is 2.01. The molecule has 0 radical (unpaired) electrons. The maximum Gasteiger partial charge on any atom is 0.413 e. The van der Waals surface area contributed by atoms with Crippen molar-refractivity contribution in [1.29, 1.82) is 0 Å². The molecular weight excluding hydrogens is 234 g/mol. The van der Waals surface area contributed by atoms with Gasteiger partial charge in [0.2, 0.25) is 0 Å². The van der Waals surface area contributed by atoms with E-state index in [1.807, 2.05) is 26.2 Å². The number of thiophene rings is 1. The Labute approximate surface area is 106 Å². The number of hydrogen-bond acceptors (Lipinski definition) is 3. The fraction of sp³-hybridized carbons (Fsp3) is 0.308. The summed E-state index contributed by atoms with van der Waals surface area (Å²) < 4.78 is 5.29. The van der Waals surface area contributed by atoms with Crippen molar-refractivity contribution in [3.05, 3.63) is 29.0 Å². The summed E-state index contributed by atoms with van der Waals surface area (Å²) in [5.41, 5.74) is 0.476. The first-order chi connectivity index (χ1) is 7.87. The van der Waals surface area contributed by atoms with E-state index in [2.05, 4.69) is 18.5 Å². The monoisotopic (exact) mass is 251 g/mol. The van der Waals surface area contributed by atoms with Crippen molar-refractivity contribution in [2.75, 3.05) is 0 Å². The molecule has 0 aliphatic rings. The number of amides is 1. The Balaban J connectivity index is 2.87. The largest absolute Gasteiger partial charge is 0.413 e. The van der Waals surface area contributed by atoms with Crippen LogP contribution in [-0.4, -0.2) is 11.6 Å². The van der Waals surface area contributed by atoms with Gasteiger partial charge < -0.3 is 10.1 Å². The zero-order valence-electron chi connectivity index (χ0n) is 10.4. The highest BCUT2D eigenvalue weighted by Crippen LogP contribution is 2.32. The molecule has 3 nitrogen and oxygen atoms in total. The Morgan fingerprint density at radius 3 is 2.53 bits per heavy atom.